The van der Waals surface area contributed by atoms with Gasteiger partial charge in [-0.1, -0.05) is 35.4 Å². The number of benzene rings is 2. The van der Waals surface area contributed by atoms with Gasteiger partial charge in [0.25, 0.3) is 5.91 Å². The van der Waals surface area contributed by atoms with Crippen molar-refractivity contribution in [2.75, 3.05) is 17.3 Å². The zero-order valence-electron chi connectivity index (χ0n) is 15.7. The molecule has 1 atom stereocenters. The van der Waals surface area contributed by atoms with Crippen LogP contribution in [0.2, 0.25) is 0 Å². The minimum absolute atomic E-state index is 0.115. The van der Waals surface area contributed by atoms with Gasteiger partial charge in [0.05, 0.1) is 11.8 Å². The van der Waals surface area contributed by atoms with Crippen LogP contribution in [0.4, 0.5) is 5.69 Å². The molecule has 0 aromatic heterocycles. The minimum Gasteiger partial charge on any atom is -0.483 e. The van der Waals surface area contributed by atoms with Gasteiger partial charge in [-0.05, 0) is 50.6 Å². The summed E-state index contributed by atoms with van der Waals surface area (Å²) in [5.74, 6) is 0.244. The maximum absolute atomic E-state index is 13.0. The molecule has 27 heavy (non-hydrogen) atoms. The van der Waals surface area contributed by atoms with Crippen LogP contribution in [0.1, 0.15) is 16.7 Å². The molecular formula is C21H23NO4S. The molecule has 0 saturated carbocycles. The molecule has 0 unspecified atom stereocenters. The lowest BCUT2D eigenvalue weighted by molar-refractivity contribution is -0.120. The summed E-state index contributed by atoms with van der Waals surface area (Å²) in [4.78, 5) is 14.5. The van der Waals surface area contributed by atoms with Gasteiger partial charge < -0.3 is 9.64 Å². The number of ether oxygens (including phenoxy) is 1. The summed E-state index contributed by atoms with van der Waals surface area (Å²) in [5, 5.41) is 1.18. The first-order valence-electron chi connectivity index (χ1n) is 8.75. The van der Waals surface area contributed by atoms with Crippen LogP contribution in [0.3, 0.4) is 0 Å². The first-order valence-corrected chi connectivity index (χ1v) is 10.5. The van der Waals surface area contributed by atoms with Gasteiger partial charge in [-0.15, -0.1) is 0 Å². The summed E-state index contributed by atoms with van der Waals surface area (Å²) in [6.45, 7) is 5.71. The molecule has 2 aromatic rings. The fraction of sp³-hybridized carbons (Fsp3) is 0.286. The Morgan fingerprint density at radius 1 is 1.07 bits per heavy atom. The van der Waals surface area contributed by atoms with Gasteiger partial charge in [-0.2, -0.15) is 0 Å². The van der Waals surface area contributed by atoms with Gasteiger partial charge in [-0.3, -0.25) is 4.79 Å². The first-order chi connectivity index (χ1) is 12.7. The number of hydrogen-bond acceptors (Lipinski definition) is 4. The number of aryl methyl sites for hydroxylation is 3. The van der Waals surface area contributed by atoms with Crippen molar-refractivity contribution in [3.63, 3.8) is 0 Å². The van der Waals surface area contributed by atoms with Crippen molar-refractivity contribution >= 4 is 21.4 Å². The van der Waals surface area contributed by atoms with Gasteiger partial charge in [0.2, 0.25) is 0 Å². The number of carbonyl (C=O) groups is 1. The summed E-state index contributed by atoms with van der Waals surface area (Å²) in [6, 6.07) is 12.7. The Bertz CT molecular complexity index is 978. The van der Waals surface area contributed by atoms with Crippen molar-refractivity contribution in [3.05, 3.63) is 70.6 Å². The topological polar surface area (TPSA) is 63.7 Å². The van der Waals surface area contributed by atoms with E-state index in [0.717, 1.165) is 16.7 Å². The number of nitrogens with zero attached hydrogens (tertiary/aromatic N) is 1. The van der Waals surface area contributed by atoms with Crippen LogP contribution in [0, 0.1) is 20.8 Å². The van der Waals surface area contributed by atoms with Gasteiger partial charge in [0.15, 0.2) is 16.4 Å². The average Bonchev–Trinajstić information content (AvgIpc) is 2.95. The minimum atomic E-state index is -3.28. The fourth-order valence-electron chi connectivity index (χ4n) is 3.12. The van der Waals surface area contributed by atoms with E-state index in [9.17, 15) is 13.2 Å². The lowest BCUT2D eigenvalue weighted by Gasteiger charge is -2.28. The van der Waals surface area contributed by atoms with Crippen LogP contribution in [0.15, 0.2) is 53.9 Å². The van der Waals surface area contributed by atoms with Crippen molar-refractivity contribution in [1.82, 2.24) is 0 Å². The molecule has 0 N–H and O–H groups in total. The molecule has 3 rings (SSSR count). The molecule has 1 aliphatic rings. The average molecular weight is 385 g/mol. The molecule has 0 fully saturated rings. The van der Waals surface area contributed by atoms with Crippen molar-refractivity contribution in [3.8, 4) is 5.75 Å². The highest BCUT2D eigenvalue weighted by molar-refractivity contribution is 7.94. The molecule has 1 amide bonds. The number of rotatable bonds is 5. The van der Waals surface area contributed by atoms with Gasteiger partial charge in [0.1, 0.15) is 5.75 Å². The van der Waals surface area contributed by atoms with E-state index in [0.29, 0.717) is 11.4 Å². The molecule has 6 heteroatoms. The Hall–Kier alpha value is -2.60. The van der Waals surface area contributed by atoms with Crippen molar-refractivity contribution in [2.24, 2.45) is 0 Å². The molecule has 5 nitrogen and oxygen atoms in total. The Morgan fingerprint density at radius 3 is 2.33 bits per heavy atom. The third-order valence-corrected chi connectivity index (χ3v) is 5.88. The van der Waals surface area contributed by atoms with E-state index >= 15 is 0 Å². The Labute approximate surface area is 160 Å². The molecule has 0 spiro atoms. The van der Waals surface area contributed by atoms with Crippen LogP contribution in [0.5, 0.6) is 5.75 Å². The lowest BCUT2D eigenvalue weighted by Crippen LogP contribution is -2.43. The summed E-state index contributed by atoms with van der Waals surface area (Å²) in [7, 11) is -3.28. The molecule has 0 aliphatic carbocycles. The second-order valence-corrected chi connectivity index (χ2v) is 8.81. The van der Waals surface area contributed by atoms with E-state index in [1.165, 1.54) is 10.3 Å². The molecular weight excluding hydrogens is 362 g/mol. The third-order valence-electron chi connectivity index (χ3n) is 4.51. The van der Waals surface area contributed by atoms with Crippen molar-refractivity contribution < 1.29 is 17.9 Å². The van der Waals surface area contributed by atoms with Crippen LogP contribution in [0.25, 0.3) is 0 Å². The Morgan fingerprint density at radius 2 is 1.74 bits per heavy atom. The number of sulfone groups is 1. The number of carbonyl (C=O) groups excluding carboxylic acids is 1. The zero-order chi connectivity index (χ0) is 19.6. The number of hydrogen-bond donors (Lipinski definition) is 0. The van der Waals surface area contributed by atoms with Gasteiger partial charge >= 0.3 is 0 Å². The largest absolute Gasteiger partial charge is 0.483 e. The summed E-state index contributed by atoms with van der Waals surface area (Å²) in [5.41, 5.74) is 3.79. The molecule has 1 heterocycles. The summed E-state index contributed by atoms with van der Waals surface area (Å²) in [6.07, 6.45) is 1.56. The molecule has 1 aliphatic heterocycles. The maximum atomic E-state index is 13.0. The first kappa shape index (κ1) is 19.2. The normalized spacial score (nSPS) is 17.7. The zero-order valence-corrected chi connectivity index (χ0v) is 16.5. The fourth-order valence-corrected chi connectivity index (χ4v) is 4.38. The predicted molar refractivity (Wildman–Crippen MR) is 107 cm³/mol. The van der Waals surface area contributed by atoms with Crippen molar-refractivity contribution in [2.45, 2.75) is 26.8 Å². The number of anilines is 1. The van der Waals surface area contributed by atoms with Crippen molar-refractivity contribution in [1.29, 1.82) is 0 Å². The predicted octanol–water partition coefficient (Wildman–Crippen LogP) is 3.33. The molecule has 0 radical (unpaired) electrons. The van der Waals surface area contributed by atoms with E-state index in [4.69, 9.17) is 4.74 Å². The van der Waals surface area contributed by atoms with Crippen LogP contribution < -0.4 is 9.64 Å². The molecule has 0 bridgehead atoms. The van der Waals surface area contributed by atoms with E-state index in [1.807, 2.05) is 63.2 Å². The highest BCUT2D eigenvalue weighted by atomic mass is 32.2. The quantitative estimate of drug-likeness (QED) is 0.792. The lowest BCUT2D eigenvalue weighted by atomic mass is 10.1. The molecule has 0 saturated heterocycles. The third kappa shape index (κ3) is 4.57. The van der Waals surface area contributed by atoms with E-state index < -0.39 is 15.9 Å². The second kappa shape index (κ2) is 7.56. The monoisotopic (exact) mass is 385 g/mol. The highest BCUT2D eigenvalue weighted by Crippen LogP contribution is 2.24. The van der Waals surface area contributed by atoms with Crippen LogP contribution in [-0.4, -0.2) is 32.7 Å². The second-order valence-electron chi connectivity index (χ2n) is 6.88. The van der Waals surface area contributed by atoms with E-state index in [-0.39, 0.29) is 18.3 Å². The Balaban J connectivity index is 1.82. The van der Waals surface area contributed by atoms with Crippen LogP contribution in [-0.2, 0) is 14.6 Å². The SMILES string of the molecule is Cc1ccc(N(C(=O)COc2ccc(C)cc2C)[C@@H]2C=CS(=O)(=O)C2)cc1. The molecule has 2 aromatic carbocycles. The van der Waals surface area contributed by atoms with E-state index in [1.54, 1.807) is 6.08 Å². The molecule has 142 valence electrons. The van der Waals surface area contributed by atoms with E-state index in [2.05, 4.69) is 0 Å². The summed E-state index contributed by atoms with van der Waals surface area (Å²) >= 11 is 0. The standard InChI is InChI=1S/C21H23NO4S/c1-15-4-7-18(8-5-15)22(19-10-11-27(24,25)14-19)21(23)13-26-20-9-6-16(2)12-17(20)3/h4-12,19H,13-14H2,1-3H3/t19-/m1/s1. The number of amides is 1. The summed E-state index contributed by atoms with van der Waals surface area (Å²) < 4.78 is 29.4. The van der Waals surface area contributed by atoms with Gasteiger partial charge in [-0.25, -0.2) is 8.42 Å². The maximum Gasteiger partial charge on any atom is 0.265 e. The highest BCUT2D eigenvalue weighted by Gasteiger charge is 2.31. The van der Waals surface area contributed by atoms with Gasteiger partial charge in [0, 0.05) is 11.1 Å². The smallest absolute Gasteiger partial charge is 0.265 e. The van der Waals surface area contributed by atoms with Crippen LogP contribution >= 0.6 is 0 Å². The Kier molecular flexibility index (Phi) is 5.37.